The number of nitrogens with one attached hydrogen (secondary N) is 3. The van der Waals surface area contributed by atoms with E-state index in [1.54, 1.807) is 29.2 Å². The molecule has 1 atom stereocenters. The second-order valence-corrected chi connectivity index (χ2v) is 8.16. The van der Waals surface area contributed by atoms with Crippen LogP contribution in [0.25, 0.3) is 0 Å². The fourth-order valence-electron chi connectivity index (χ4n) is 3.29. The van der Waals surface area contributed by atoms with Crippen molar-refractivity contribution < 1.29 is 19.1 Å². The van der Waals surface area contributed by atoms with Gasteiger partial charge in [-0.25, -0.2) is 0 Å². The molecule has 0 bridgehead atoms. The third kappa shape index (κ3) is 6.52. The van der Waals surface area contributed by atoms with Gasteiger partial charge in [0.05, 0.1) is 12.0 Å². The molecule has 168 valence electrons. The van der Waals surface area contributed by atoms with E-state index in [4.69, 9.17) is 17.0 Å². The number of nitrogens with zero attached hydrogens (tertiary/aromatic N) is 1. The summed E-state index contributed by atoms with van der Waals surface area (Å²) in [4.78, 5) is 38.7. The Kier molecular flexibility index (Phi) is 7.77. The topological polar surface area (TPSA) is 99.8 Å². The normalized spacial score (nSPS) is 15.4. The molecule has 0 saturated carbocycles. The van der Waals surface area contributed by atoms with E-state index in [0.717, 1.165) is 5.56 Å². The predicted molar refractivity (Wildman–Crippen MR) is 124 cm³/mol. The van der Waals surface area contributed by atoms with Crippen molar-refractivity contribution in [1.29, 1.82) is 0 Å². The predicted octanol–water partition coefficient (Wildman–Crippen LogP) is 2.16. The first-order valence-electron chi connectivity index (χ1n) is 10.3. The van der Waals surface area contributed by atoms with E-state index < -0.39 is 11.8 Å². The lowest BCUT2D eigenvalue weighted by Gasteiger charge is -2.17. The van der Waals surface area contributed by atoms with Gasteiger partial charge in [-0.3, -0.25) is 30.6 Å². The minimum atomic E-state index is -0.495. The van der Waals surface area contributed by atoms with Gasteiger partial charge in [-0.1, -0.05) is 30.3 Å². The van der Waals surface area contributed by atoms with Crippen molar-refractivity contribution in [2.45, 2.75) is 32.9 Å². The summed E-state index contributed by atoms with van der Waals surface area (Å²) in [5.74, 6) is -0.684. The summed E-state index contributed by atoms with van der Waals surface area (Å²) in [6, 6.07) is 16.3. The Hall–Kier alpha value is -3.46. The van der Waals surface area contributed by atoms with Gasteiger partial charge in [-0.2, -0.15) is 0 Å². The lowest BCUT2D eigenvalue weighted by atomic mass is 10.1. The molecule has 3 amide bonds. The summed E-state index contributed by atoms with van der Waals surface area (Å²) in [6.45, 7) is 4.63. The summed E-state index contributed by atoms with van der Waals surface area (Å²) >= 11 is 5.08. The Morgan fingerprint density at radius 3 is 2.44 bits per heavy atom. The molecular weight excluding hydrogens is 428 g/mol. The maximum Gasteiger partial charge on any atom is 0.257 e. The van der Waals surface area contributed by atoms with Crippen LogP contribution in [0.2, 0.25) is 0 Å². The third-order valence-electron chi connectivity index (χ3n) is 4.82. The highest BCUT2D eigenvalue weighted by Gasteiger charge is 2.34. The van der Waals surface area contributed by atoms with E-state index in [0.29, 0.717) is 24.4 Å². The van der Waals surface area contributed by atoms with Crippen molar-refractivity contribution in [1.82, 2.24) is 21.1 Å². The minimum absolute atomic E-state index is 0.0376. The van der Waals surface area contributed by atoms with E-state index in [1.807, 2.05) is 44.2 Å². The lowest BCUT2D eigenvalue weighted by molar-refractivity contribution is -0.129. The van der Waals surface area contributed by atoms with Crippen molar-refractivity contribution in [2.75, 3.05) is 6.54 Å². The molecule has 1 aliphatic rings. The number of benzene rings is 2. The zero-order valence-corrected chi connectivity index (χ0v) is 18.8. The molecular formula is C23H26N4O4S. The van der Waals surface area contributed by atoms with Gasteiger partial charge in [0.2, 0.25) is 11.8 Å². The first-order valence-corrected chi connectivity index (χ1v) is 10.7. The molecule has 1 fully saturated rings. The van der Waals surface area contributed by atoms with Crippen LogP contribution in [0.4, 0.5) is 0 Å². The summed E-state index contributed by atoms with van der Waals surface area (Å²) in [7, 11) is 0. The molecule has 0 aliphatic carbocycles. The first-order chi connectivity index (χ1) is 15.3. The van der Waals surface area contributed by atoms with Gasteiger partial charge in [-0.15, -0.1) is 0 Å². The second kappa shape index (κ2) is 10.7. The highest BCUT2D eigenvalue weighted by Crippen LogP contribution is 2.20. The molecule has 2 aromatic carbocycles. The molecule has 0 aromatic heterocycles. The number of thiocarbonyl (C=S) groups is 1. The second-order valence-electron chi connectivity index (χ2n) is 7.75. The molecule has 8 nitrogen and oxygen atoms in total. The molecule has 0 radical (unpaired) electrons. The zero-order valence-electron chi connectivity index (χ0n) is 18.0. The van der Waals surface area contributed by atoms with Crippen molar-refractivity contribution >= 4 is 35.1 Å². The Morgan fingerprint density at radius 2 is 1.78 bits per heavy atom. The molecule has 3 N–H and O–H groups in total. The van der Waals surface area contributed by atoms with Crippen LogP contribution in [0.5, 0.6) is 5.75 Å². The molecule has 2 aromatic rings. The van der Waals surface area contributed by atoms with Crippen molar-refractivity contribution in [3.05, 3.63) is 65.7 Å². The Balaban J connectivity index is 1.44. The summed E-state index contributed by atoms with van der Waals surface area (Å²) in [6.07, 6.45) is 0.167. The van der Waals surface area contributed by atoms with E-state index in [2.05, 4.69) is 16.2 Å². The SMILES string of the molecule is CC(C)Oc1ccc(C(=O)NC(=S)NNC(=O)C2CC(=O)N(Cc3ccccc3)C2)cc1. The van der Waals surface area contributed by atoms with E-state index >= 15 is 0 Å². The van der Waals surface area contributed by atoms with Crippen LogP contribution in [0.3, 0.4) is 0 Å². The summed E-state index contributed by atoms with van der Waals surface area (Å²) < 4.78 is 5.55. The number of carbonyl (C=O) groups is 3. The number of hydrazine groups is 1. The van der Waals surface area contributed by atoms with Gasteiger partial charge in [0.15, 0.2) is 5.11 Å². The van der Waals surface area contributed by atoms with Gasteiger partial charge in [0, 0.05) is 25.1 Å². The van der Waals surface area contributed by atoms with Gasteiger partial charge in [0.25, 0.3) is 5.91 Å². The molecule has 1 heterocycles. The fraction of sp³-hybridized carbons (Fsp3) is 0.304. The number of amides is 3. The number of rotatable bonds is 6. The standard InChI is InChI=1S/C23H26N4O4S/c1-15(2)31-19-10-8-17(9-11-19)21(29)24-23(32)26-25-22(30)18-12-20(28)27(14-18)13-16-6-4-3-5-7-16/h3-11,15,18H,12-14H2,1-2H3,(H,25,30)(H2,24,26,29,32). The zero-order chi connectivity index (χ0) is 23.1. The van der Waals surface area contributed by atoms with Gasteiger partial charge < -0.3 is 9.64 Å². The van der Waals surface area contributed by atoms with Gasteiger partial charge in [-0.05, 0) is 55.9 Å². The Labute approximate surface area is 192 Å². The molecule has 0 spiro atoms. The third-order valence-corrected chi connectivity index (χ3v) is 5.02. The average molecular weight is 455 g/mol. The van der Waals surface area contributed by atoms with Crippen LogP contribution in [-0.4, -0.2) is 40.4 Å². The fourth-order valence-corrected chi connectivity index (χ4v) is 3.43. The van der Waals surface area contributed by atoms with Crippen LogP contribution in [0.1, 0.15) is 36.2 Å². The number of carbonyl (C=O) groups excluding carboxylic acids is 3. The molecule has 9 heteroatoms. The van der Waals surface area contributed by atoms with E-state index in [1.165, 1.54) is 0 Å². The van der Waals surface area contributed by atoms with Crippen LogP contribution >= 0.6 is 12.2 Å². The highest BCUT2D eigenvalue weighted by molar-refractivity contribution is 7.80. The number of hydrogen-bond donors (Lipinski definition) is 3. The van der Waals surface area contributed by atoms with Gasteiger partial charge in [0.1, 0.15) is 5.75 Å². The lowest BCUT2D eigenvalue weighted by Crippen LogP contribution is -2.50. The monoisotopic (exact) mass is 454 g/mol. The van der Waals surface area contributed by atoms with Crippen molar-refractivity contribution in [2.24, 2.45) is 5.92 Å². The molecule has 3 rings (SSSR count). The highest BCUT2D eigenvalue weighted by atomic mass is 32.1. The van der Waals surface area contributed by atoms with Crippen molar-refractivity contribution in [3.63, 3.8) is 0 Å². The smallest absolute Gasteiger partial charge is 0.257 e. The Bertz CT molecular complexity index is 979. The molecule has 32 heavy (non-hydrogen) atoms. The van der Waals surface area contributed by atoms with Crippen LogP contribution < -0.4 is 20.9 Å². The van der Waals surface area contributed by atoms with Gasteiger partial charge >= 0.3 is 0 Å². The first kappa shape index (κ1) is 23.2. The number of likely N-dealkylation sites (tertiary alicyclic amines) is 1. The minimum Gasteiger partial charge on any atom is -0.491 e. The van der Waals surface area contributed by atoms with Crippen LogP contribution in [0, 0.1) is 5.92 Å². The number of hydrogen-bond acceptors (Lipinski definition) is 5. The quantitative estimate of drug-likeness (QED) is 0.457. The van der Waals surface area contributed by atoms with Crippen molar-refractivity contribution in [3.8, 4) is 5.75 Å². The van der Waals surface area contributed by atoms with Crippen LogP contribution in [-0.2, 0) is 16.1 Å². The molecule has 1 saturated heterocycles. The maximum atomic E-state index is 12.4. The Morgan fingerprint density at radius 1 is 1.09 bits per heavy atom. The van der Waals surface area contributed by atoms with E-state index in [9.17, 15) is 14.4 Å². The average Bonchev–Trinajstić information content (AvgIpc) is 3.13. The summed E-state index contributed by atoms with van der Waals surface area (Å²) in [5, 5.41) is 2.46. The largest absolute Gasteiger partial charge is 0.491 e. The van der Waals surface area contributed by atoms with Crippen LogP contribution in [0.15, 0.2) is 54.6 Å². The molecule has 1 unspecified atom stereocenters. The summed E-state index contributed by atoms with van der Waals surface area (Å²) in [5.41, 5.74) is 6.40. The van der Waals surface area contributed by atoms with E-state index in [-0.39, 0.29) is 29.5 Å². The maximum absolute atomic E-state index is 12.4. The molecule has 1 aliphatic heterocycles. The number of ether oxygens (including phenoxy) is 1.